The Morgan fingerprint density at radius 2 is 2.00 bits per heavy atom. The molecule has 0 aliphatic carbocycles. The second-order valence-electron chi connectivity index (χ2n) is 3.38. The van der Waals surface area contributed by atoms with Gasteiger partial charge in [-0.05, 0) is 24.3 Å². The summed E-state index contributed by atoms with van der Waals surface area (Å²) in [6.45, 7) is 0.484. The Bertz CT molecular complexity index is 283. The summed E-state index contributed by atoms with van der Waals surface area (Å²) in [6, 6.07) is 7.61. The Morgan fingerprint density at radius 3 is 2.40 bits per heavy atom. The maximum atomic E-state index is 9.11. The molecule has 1 aromatic carbocycles. The molecule has 0 saturated carbocycles. The molecular weight excluding hydrogens is 192 g/mol. The van der Waals surface area contributed by atoms with E-state index in [1.54, 1.807) is 7.11 Å². The van der Waals surface area contributed by atoms with Gasteiger partial charge in [0.2, 0.25) is 0 Å². The van der Waals surface area contributed by atoms with Gasteiger partial charge in [-0.25, -0.2) is 0 Å². The van der Waals surface area contributed by atoms with E-state index >= 15 is 0 Å². The molecule has 84 valence electrons. The SMILES string of the molecule is COc1ccc(N(C)C(CN)CO)cc1. The first-order valence-corrected chi connectivity index (χ1v) is 4.90. The average Bonchev–Trinajstić information content (AvgIpc) is 2.30. The van der Waals surface area contributed by atoms with Gasteiger partial charge < -0.3 is 20.5 Å². The third-order valence-electron chi connectivity index (χ3n) is 2.51. The third-order valence-corrected chi connectivity index (χ3v) is 2.51. The van der Waals surface area contributed by atoms with Gasteiger partial charge in [0.1, 0.15) is 5.75 Å². The minimum Gasteiger partial charge on any atom is -0.497 e. The van der Waals surface area contributed by atoms with Crippen LogP contribution < -0.4 is 15.4 Å². The lowest BCUT2D eigenvalue weighted by atomic mass is 10.2. The zero-order valence-electron chi connectivity index (χ0n) is 9.18. The summed E-state index contributed by atoms with van der Waals surface area (Å²) in [6.07, 6.45) is 0. The summed E-state index contributed by atoms with van der Waals surface area (Å²) in [4.78, 5) is 1.96. The fourth-order valence-electron chi connectivity index (χ4n) is 1.38. The fourth-order valence-corrected chi connectivity index (χ4v) is 1.38. The van der Waals surface area contributed by atoms with Crippen LogP contribution in [0.4, 0.5) is 5.69 Å². The van der Waals surface area contributed by atoms with Crippen molar-refractivity contribution in [2.45, 2.75) is 6.04 Å². The van der Waals surface area contributed by atoms with Crippen LogP contribution in [0.3, 0.4) is 0 Å². The van der Waals surface area contributed by atoms with Crippen LogP contribution in [0.25, 0.3) is 0 Å². The van der Waals surface area contributed by atoms with Crippen LogP contribution in [-0.2, 0) is 0 Å². The maximum absolute atomic E-state index is 9.11. The molecule has 15 heavy (non-hydrogen) atoms. The third kappa shape index (κ3) is 2.84. The van der Waals surface area contributed by atoms with Gasteiger partial charge in [0.15, 0.2) is 0 Å². The monoisotopic (exact) mass is 210 g/mol. The van der Waals surface area contributed by atoms with Gasteiger partial charge in [-0.1, -0.05) is 0 Å². The van der Waals surface area contributed by atoms with E-state index in [0.29, 0.717) is 6.54 Å². The van der Waals surface area contributed by atoms with Crippen molar-refractivity contribution in [3.8, 4) is 5.75 Å². The summed E-state index contributed by atoms with van der Waals surface area (Å²) in [5.41, 5.74) is 6.57. The second-order valence-corrected chi connectivity index (χ2v) is 3.38. The number of likely N-dealkylation sites (N-methyl/N-ethyl adjacent to an activating group) is 1. The van der Waals surface area contributed by atoms with Gasteiger partial charge in [0, 0.05) is 19.3 Å². The minimum absolute atomic E-state index is 0.0432. The Morgan fingerprint density at radius 1 is 1.40 bits per heavy atom. The number of benzene rings is 1. The summed E-state index contributed by atoms with van der Waals surface area (Å²) < 4.78 is 5.07. The quantitative estimate of drug-likeness (QED) is 0.741. The van der Waals surface area contributed by atoms with Gasteiger partial charge in [-0.2, -0.15) is 0 Å². The van der Waals surface area contributed by atoms with E-state index in [-0.39, 0.29) is 12.6 Å². The van der Waals surface area contributed by atoms with Crippen molar-refractivity contribution in [2.24, 2.45) is 5.73 Å². The molecule has 0 bridgehead atoms. The van der Waals surface area contributed by atoms with Crippen molar-refractivity contribution in [3.05, 3.63) is 24.3 Å². The number of nitrogens with two attached hydrogens (primary N) is 1. The molecule has 1 unspecified atom stereocenters. The van der Waals surface area contributed by atoms with Crippen molar-refractivity contribution in [3.63, 3.8) is 0 Å². The van der Waals surface area contributed by atoms with E-state index in [4.69, 9.17) is 15.6 Å². The van der Waals surface area contributed by atoms with Crippen molar-refractivity contribution >= 4 is 5.69 Å². The van der Waals surface area contributed by atoms with E-state index in [1.807, 2.05) is 36.2 Å². The van der Waals surface area contributed by atoms with E-state index in [0.717, 1.165) is 11.4 Å². The molecule has 1 aromatic rings. The molecule has 0 aliphatic rings. The van der Waals surface area contributed by atoms with Gasteiger partial charge in [-0.3, -0.25) is 0 Å². The van der Waals surface area contributed by atoms with Crippen LogP contribution in [-0.4, -0.2) is 38.5 Å². The number of ether oxygens (including phenoxy) is 1. The summed E-state index contributed by atoms with van der Waals surface area (Å²) in [5.74, 6) is 0.820. The summed E-state index contributed by atoms with van der Waals surface area (Å²) in [7, 11) is 3.55. The first-order valence-electron chi connectivity index (χ1n) is 4.90. The molecule has 0 radical (unpaired) electrons. The zero-order chi connectivity index (χ0) is 11.3. The van der Waals surface area contributed by atoms with Crippen LogP contribution in [0.1, 0.15) is 0 Å². The van der Waals surface area contributed by atoms with Crippen LogP contribution in [0.2, 0.25) is 0 Å². The minimum atomic E-state index is -0.0432. The highest BCUT2D eigenvalue weighted by atomic mass is 16.5. The molecule has 0 aromatic heterocycles. The summed E-state index contributed by atoms with van der Waals surface area (Å²) in [5, 5.41) is 9.11. The molecule has 0 spiro atoms. The predicted molar refractivity (Wildman–Crippen MR) is 61.3 cm³/mol. The van der Waals surface area contributed by atoms with E-state index in [9.17, 15) is 0 Å². The number of nitrogens with zero attached hydrogens (tertiary/aromatic N) is 1. The first-order chi connectivity index (χ1) is 7.22. The predicted octanol–water partition coefficient (Wildman–Crippen LogP) is 0.451. The Kier molecular flexibility index (Phi) is 4.39. The number of aliphatic hydroxyl groups excluding tert-OH is 1. The molecule has 1 rings (SSSR count). The van der Waals surface area contributed by atoms with Crippen LogP contribution >= 0.6 is 0 Å². The van der Waals surface area contributed by atoms with Crippen molar-refractivity contribution in [1.82, 2.24) is 0 Å². The molecule has 0 heterocycles. The normalized spacial score (nSPS) is 12.3. The lowest BCUT2D eigenvalue weighted by Gasteiger charge is -2.27. The van der Waals surface area contributed by atoms with Crippen LogP contribution in [0.5, 0.6) is 5.75 Å². The first kappa shape index (κ1) is 11.8. The lowest BCUT2D eigenvalue weighted by Crippen LogP contribution is -2.40. The Balaban J connectivity index is 2.76. The van der Waals surface area contributed by atoms with Gasteiger partial charge in [0.05, 0.1) is 19.8 Å². The fraction of sp³-hybridized carbons (Fsp3) is 0.455. The van der Waals surface area contributed by atoms with E-state index in [2.05, 4.69) is 0 Å². The Hall–Kier alpha value is -1.26. The van der Waals surface area contributed by atoms with Gasteiger partial charge in [-0.15, -0.1) is 0 Å². The van der Waals surface area contributed by atoms with Crippen molar-refractivity contribution in [1.29, 1.82) is 0 Å². The van der Waals surface area contributed by atoms with E-state index < -0.39 is 0 Å². The maximum Gasteiger partial charge on any atom is 0.119 e. The lowest BCUT2D eigenvalue weighted by molar-refractivity contribution is 0.265. The standard InChI is InChI=1S/C11H18N2O2/c1-13(10(7-12)8-14)9-3-5-11(15-2)6-4-9/h3-6,10,14H,7-8,12H2,1-2H3. The highest BCUT2D eigenvalue weighted by Gasteiger charge is 2.11. The molecule has 0 aliphatic heterocycles. The zero-order valence-corrected chi connectivity index (χ0v) is 9.18. The highest BCUT2D eigenvalue weighted by Crippen LogP contribution is 2.19. The number of rotatable bonds is 5. The highest BCUT2D eigenvalue weighted by molar-refractivity contribution is 5.49. The largest absolute Gasteiger partial charge is 0.497 e. The average molecular weight is 210 g/mol. The van der Waals surface area contributed by atoms with Crippen molar-refractivity contribution < 1.29 is 9.84 Å². The van der Waals surface area contributed by atoms with Gasteiger partial charge in [0.25, 0.3) is 0 Å². The summed E-state index contributed by atoms with van der Waals surface area (Å²) >= 11 is 0. The molecule has 1 atom stereocenters. The number of hydrogen-bond acceptors (Lipinski definition) is 4. The Labute approximate surface area is 90.3 Å². The van der Waals surface area contributed by atoms with Crippen molar-refractivity contribution in [2.75, 3.05) is 32.2 Å². The number of hydrogen-bond donors (Lipinski definition) is 2. The molecular formula is C11H18N2O2. The smallest absolute Gasteiger partial charge is 0.119 e. The number of aliphatic hydroxyl groups is 1. The van der Waals surface area contributed by atoms with Gasteiger partial charge >= 0.3 is 0 Å². The molecule has 0 fully saturated rings. The molecule has 0 amide bonds. The second kappa shape index (κ2) is 5.58. The van der Waals surface area contributed by atoms with Crippen LogP contribution in [0.15, 0.2) is 24.3 Å². The molecule has 4 heteroatoms. The topological polar surface area (TPSA) is 58.7 Å². The molecule has 0 saturated heterocycles. The molecule has 4 nitrogen and oxygen atoms in total. The number of anilines is 1. The van der Waals surface area contributed by atoms with Crippen LogP contribution in [0, 0.1) is 0 Å². The van der Waals surface area contributed by atoms with E-state index in [1.165, 1.54) is 0 Å². The molecule has 3 N–H and O–H groups in total. The number of methoxy groups -OCH3 is 1.